The molecule has 3 aromatic carbocycles. The Labute approximate surface area is 295 Å². The molecule has 1 N–H and O–H groups in total. The van der Waals surface area contributed by atoms with Gasteiger partial charge in [0.15, 0.2) is 5.60 Å². The SMILES string of the molecule is C[C@@H]1[C@@H](C(C)(C)F)[C@H](CCn2cc([C@H](O)c3ccccc3)nn2)O[C@@]12C(=O)N(Cc1ccc(N3CCC3=O)cc1)c1ccc(N3CCC3=O)cc12. The van der Waals surface area contributed by atoms with Gasteiger partial charge in [0.05, 0.1) is 24.5 Å². The molecular formula is C39H41FN6O5. The third-order valence-corrected chi connectivity index (χ3v) is 11.1. The van der Waals surface area contributed by atoms with Gasteiger partial charge in [-0.15, -0.1) is 5.10 Å². The van der Waals surface area contributed by atoms with Gasteiger partial charge in [0.25, 0.3) is 5.91 Å². The van der Waals surface area contributed by atoms with Crippen LogP contribution in [0.15, 0.2) is 79.0 Å². The number of benzene rings is 3. The molecular weight excluding hydrogens is 651 g/mol. The van der Waals surface area contributed by atoms with Crippen LogP contribution in [0.1, 0.15) is 68.5 Å². The zero-order valence-electron chi connectivity index (χ0n) is 28.9. The number of carbonyl (C=O) groups excluding carboxylic acids is 3. The van der Waals surface area contributed by atoms with Crippen LogP contribution in [-0.2, 0) is 37.8 Å². The lowest BCUT2D eigenvalue weighted by Crippen LogP contribution is -2.46. The number of hydrogen-bond donors (Lipinski definition) is 1. The van der Waals surface area contributed by atoms with Crippen LogP contribution in [0.2, 0.25) is 0 Å². The molecule has 51 heavy (non-hydrogen) atoms. The number of fused-ring (bicyclic) bond motifs is 2. The molecule has 1 aromatic heterocycles. The van der Waals surface area contributed by atoms with Crippen LogP contribution in [0.4, 0.5) is 21.5 Å². The zero-order chi connectivity index (χ0) is 35.7. The lowest BCUT2D eigenvalue weighted by Gasteiger charge is -2.33. The Bertz CT molecular complexity index is 1990. The number of aryl methyl sites for hydroxylation is 1. The van der Waals surface area contributed by atoms with E-state index in [1.807, 2.05) is 79.7 Å². The number of aliphatic hydroxyl groups is 1. The van der Waals surface area contributed by atoms with Crippen molar-refractivity contribution in [2.45, 2.75) is 76.6 Å². The maximum atomic E-state index is 16.3. The largest absolute Gasteiger partial charge is 0.382 e. The summed E-state index contributed by atoms with van der Waals surface area (Å²) in [5, 5.41) is 19.3. The lowest BCUT2D eigenvalue weighted by atomic mass is 9.71. The minimum absolute atomic E-state index is 0.0107. The second-order valence-corrected chi connectivity index (χ2v) is 14.6. The fourth-order valence-corrected chi connectivity index (χ4v) is 8.38. The monoisotopic (exact) mass is 692 g/mol. The first-order valence-electron chi connectivity index (χ1n) is 17.6. The van der Waals surface area contributed by atoms with Crippen molar-refractivity contribution >= 4 is 34.8 Å². The van der Waals surface area contributed by atoms with Gasteiger partial charge in [-0.25, -0.2) is 4.39 Å². The van der Waals surface area contributed by atoms with Crippen molar-refractivity contribution in [2.24, 2.45) is 11.8 Å². The number of rotatable bonds is 10. The molecule has 3 amide bonds. The highest BCUT2D eigenvalue weighted by atomic mass is 19.1. The summed E-state index contributed by atoms with van der Waals surface area (Å²) >= 11 is 0. The molecule has 0 aliphatic carbocycles. The fraction of sp³-hybridized carbons (Fsp3) is 0.410. The summed E-state index contributed by atoms with van der Waals surface area (Å²) < 4.78 is 24.9. The van der Waals surface area contributed by atoms with Crippen molar-refractivity contribution in [3.63, 3.8) is 0 Å². The molecule has 1 spiro atoms. The van der Waals surface area contributed by atoms with Gasteiger partial charge in [-0.05, 0) is 61.7 Å². The third-order valence-electron chi connectivity index (χ3n) is 11.1. The van der Waals surface area contributed by atoms with Crippen molar-refractivity contribution in [3.05, 3.63) is 101 Å². The summed E-state index contributed by atoms with van der Waals surface area (Å²) in [5.74, 6) is -1.39. The van der Waals surface area contributed by atoms with Gasteiger partial charge in [-0.1, -0.05) is 54.6 Å². The molecule has 3 fully saturated rings. The third kappa shape index (κ3) is 5.52. The van der Waals surface area contributed by atoms with Gasteiger partial charge in [0, 0.05) is 61.2 Å². The average Bonchev–Trinajstić information content (AvgIpc) is 3.77. The number of hydrogen-bond acceptors (Lipinski definition) is 7. The number of carbonyl (C=O) groups is 3. The molecule has 0 bridgehead atoms. The lowest BCUT2D eigenvalue weighted by molar-refractivity contribution is -0.146. The van der Waals surface area contributed by atoms with Crippen molar-refractivity contribution < 1.29 is 28.6 Å². The number of halogens is 1. The van der Waals surface area contributed by atoms with Gasteiger partial charge in [-0.2, -0.15) is 0 Å². The van der Waals surface area contributed by atoms with Gasteiger partial charge in [-0.3, -0.25) is 19.1 Å². The Morgan fingerprint density at radius 1 is 0.961 bits per heavy atom. The molecule has 5 atom stereocenters. The summed E-state index contributed by atoms with van der Waals surface area (Å²) in [5.41, 5.74) is 1.58. The first kappa shape index (κ1) is 33.2. The van der Waals surface area contributed by atoms with E-state index < -0.39 is 35.3 Å². The molecule has 11 nitrogen and oxygen atoms in total. The molecule has 4 aliphatic rings. The first-order chi connectivity index (χ1) is 24.5. The predicted molar refractivity (Wildman–Crippen MR) is 188 cm³/mol. The maximum absolute atomic E-state index is 16.3. The minimum Gasteiger partial charge on any atom is -0.382 e. The van der Waals surface area contributed by atoms with Crippen molar-refractivity contribution in [1.82, 2.24) is 15.0 Å². The summed E-state index contributed by atoms with van der Waals surface area (Å²) in [6.07, 6.45) is 1.43. The molecule has 5 heterocycles. The summed E-state index contributed by atoms with van der Waals surface area (Å²) in [7, 11) is 0. The normalized spacial score (nSPS) is 25.0. The van der Waals surface area contributed by atoms with Crippen LogP contribution in [0.3, 0.4) is 0 Å². The van der Waals surface area contributed by atoms with Crippen molar-refractivity contribution in [2.75, 3.05) is 27.8 Å². The van der Waals surface area contributed by atoms with Gasteiger partial charge >= 0.3 is 0 Å². The Morgan fingerprint density at radius 3 is 2.25 bits per heavy atom. The first-order valence-corrected chi connectivity index (χ1v) is 17.6. The second-order valence-electron chi connectivity index (χ2n) is 14.6. The fourth-order valence-electron chi connectivity index (χ4n) is 8.38. The summed E-state index contributed by atoms with van der Waals surface area (Å²) in [6.45, 7) is 6.81. The zero-order valence-corrected chi connectivity index (χ0v) is 28.9. The van der Waals surface area contributed by atoms with E-state index in [2.05, 4.69) is 10.3 Å². The Balaban J connectivity index is 1.10. The number of ether oxygens (including phenoxy) is 1. The van der Waals surface area contributed by atoms with E-state index in [1.54, 1.807) is 25.6 Å². The van der Waals surface area contributed by atoms with Crippen LogP contribution >= 0.6 is 0 Å². The van der Waals surface area contributed by atoms with Gasteiger partial charge in [0.2, 0.25) is 11.8 Å². The number of β-lactam (4-membered cyclic amide) rings is 2. The molecule has 3 saturated heterocycles. The Morgan fingerprint density at radius 2 is 1.63 bits per heavy atom. The average molecular weight is 693 g/mol. The molecule has 0 saturated carbocycles. The Kier molecular flexibility index (Phi) is 8.06. The number of alkyl halides is 1. The van der Waals surface area contributed by atoms with E-state index in [9.17, 15) is 19.5 Å². The van der Waals surface area contributed by atoms with Crippen LogP contribution in [0.25, 0.3) is 0 Å². The van der Waals surface area contributed by atoms with Crippen LogP contribution in [0, 0.1) is 11.8 Å². The summed E-state index contributed by atoms with van der Waals surface area (Å²) in [6, 6.07) is 22.4. The molecule has 4 aliphatic heterocycles. The highest BCUT2D eigenvalue weighted by Gasteiger charge is 2.66. The number of nitrogens with zero attached hydrogens (tertiary/aromatic N) is 6. The Hall–Kier alpha value is -4.94. The van der Waals surface area contributed by atoms with Gasteiger partial charge < -0.3 is 24.5 Å². The molecule has 12 heteroatoms. The molecule has 0 radical (unpaired) electrons. The number of amides is 3. The highest BCUT2D eigenvalue weighted by molar-refractivity contribution is 6.09. The quantitative estimate of drug-likeness (QED) is 0.231. The van der Waals surface area contributed by atoms with E-state index in [4.69, 9.17) is 4.74 Å². The molecule has 8 rings (SSSR count). The highest BCUT2D eigenvalue weighted by Crippen LogP contribution is 2.59. The molecule has 4 aromatic rings. The van der Waals surface area contributed by atoms with Crippen molar-refractivity contribution in [3.8, 4) is 0 Å². The minimum atomic E-state index is -1.70. The van der Waals surface area contributed by atoms with E-state index in [-0.39, 0.29) is 24.3 Å². The number of aromatic nitrogens is 3. The smallest absolute Gasteiger partial charge is 0.264 e. The standard InChI is InChI=1S/C39H41FN6O5/c1-24-35(38(2,3)40)32(15-18-43-23-30(41-42-43)36(49)26-7-5-4-6-8-26)51-39(24)29-21-28(45-20-17-34(45)48)13-14-31(29)46(37(39)50)22-25-9-11-27(12-10-25)44-19-16-33(44)47/h4-14,21,23-24,32,35-36,49H,15-20,22H2,1-3H3/t24-,32+,35-,36-,39+/m1/s1. The van der Waals surface area contributed by atoms with E-state index in [1.165, 1.54) is 13.8 Å². The number of aliphatic hydroxyl groups excluding tert-OH is 1. The molecule has 0 unspecified atom stereocenters. The molecule has 264 valence electrons. The van der Waals surface area contributed by atoms with E-state index in [0.717, 1.165) is 11.3 Å². The summed E-state index contributed by atoms with van der Waals surface area (Å²) in [4.78, 5) is 44.5. The van der Waals surface area contributed by atoms with E-state index >= 15 is 4.39 Å². The van der Waals surface area contributed by atoms with Crippen LogP contribution in [-0.4, -0.2) is 62.7 Å². The van der Waals surface area contributed by atoms with Crippen molar-refractivity contribution in [1.29, 1.82) is 0 Å². The van der Waals surface area contributed by atoms with E-state index in [0.29, 0.717) is 67.1 Å². The second kappa shape index (κ2) is 12.4. The number of anilines is 3. The maximum Gasteiger partial charge on any atom is 0.264 e. The topological polar surface area (TPSA) is 121 Å². The van der Waals surface area contributed by atoms with Crippen LogP contribution < -0.4 is 14.7 Å². The predicted octanol–water partition coefficient (Wildman–Crippen LogP) is 5.06. The van der Waals surface area contributed by atoms with Gasteiger partial charge in [0.1, 0.15) is 17.5 Å². The van der Waals surface area contributed by atoms with Crippen LogP contribution in [0.5, 0.6) is 0 Å².